The molecule has 0 heterocycles. The number of benzene rings is 1. The van der Waals surface area contributed by atoms with Gasteiger partial charge in [-0.1, -0.05) is 30.3 Å². The molecule has 0 aliphatic carbocycles. The zero-order chi connectivity index (χ0) is 14.1. The summed E-state index contributed by atoms with van der Waals surface area (Å²) in [6.45, 7) is 2.11. The Morgan fingerprint density at radius 2 is 2.00 bits per heavy atom. The summed E-state index contributed by atoms with van der Waals surface area (Å²) < 4.78 is 5.00. The highest BCUT2D eigenvalue weighted by molar-refractivity contribution is 6.18. The molecule has 1 aromatic rings. The predicted octanol–water partition coefficient (Wildman–Crippen LogP) is 1.66. The number of hydrogen-bond acceptors (Lipinski definition) is 3. The molecule has 0 fully saturated rings. The van der Waals surface area contributed by atoms with Gasteiger partial charge < -0.3 is 15.4 Å². The van der Waals surface area contributed by atoms with Gasteiger partial charge in [0.15, 0.2) is 0 Å². The second-order valence-corrected chi connectivity index (χ2v) is 4.29. The SMILES string of the molecule is C[C@H](NC(=O)OCc1ccccc1)C(=O)NCCCl. The fourth-order valence-corrected chi connectivity index (χ4v) is 1.43. The number of alkyl halides is 1. The van der Waals surface area contributed by atoms with Crippen molar-refractivity contribution in [2.24, 2.45) is 0 Å². The van der Waals surface area contributed by atoms with Crippen molar-refractivity contribution in [3.8, 4) is 0 Å². The normalized spacial score (nSPS) is 11.5. The van der Waals surface area contributed by atoms with E-state index in [1.807, 2.05) is 30.3 Å². The van der Waals surface area contributed by atoms with Gasteiger partial charge >= 0.3 is 6.09 Å². The smallest absolute Gasteiger partial charge is 0.408 e. The Hall–Kier alpha value is -1.75. The van der Waals surface area contributed by atoms with Crippen molar-refractivity contribution >= 4 is 23.6 Å². The maximum atomic E-state index is 11.5. The molecule has 0 saturated heterocycles. The van der Waals surface area contributed by atoms with Crippen molar-refractivity contribution in [2.75, 3.05) is 12.4 Å². The molecule has 1 aromatic carbocycles. The van der Waals surface area contributed by atoms with Crippen molar-refractivity contribution in [1.29, 1.82) is 0 Å². The van der Waals surface area contributed by atoms with Gasteiger partial charge in [-0.3, -0.25) is 4.79 Å². The van der Waals surface area contributed by atoms with E-state index in [1.165, 1.54) is 0 Å². The second-order valence-electron chi connectivity index (χ2n) is 3.91. The van der Waals surface area contributed by atoms with E-state index in [4.69, 9.17) is 16.3 Å². The quantitative estimate of drug-likeness (QED) is 0.781. The zero-order valence-corrected chi connectivity index (χ0v) is 11.4. The van der Waals surface area contributed by atoms with Crippen LogP contribution < -0.4 is 10.6 Å². The average Bonchev–Trinajstić information content (AvgIpc) is 2.43. The molecule has 0 unspecified atom stereocenters. The summed E-state index contributed by atoms with van der Waals surface area (Å²) in [6.07, 6.45) is -0.627. The number of alkyl carbamates (subject to hydrolysis) is 1. The van der Waals surface area contributed by atoms with Gasteiger partial charge in [0.05, 0.1) is 0 Å². The van der Waals surface area contributed by atoms with Gasteiger partial charge in [0.25, 0.3) is 0 Å². The van der Waals surface area contributed by atoms with Crippen LogP contribution in [0.15, 0.2) is 30.3 Å². The number of carbonyl (C=O) groups excluding carboxylic acids is 2. The largest absolute Gasteiger partial charge is 0.445 e. The van der Waals surface area contributed by atoms with E-state index in [2.05, 4.69) is 10.6 Å². The first-order valence-electron chi connectivity index (χ1n) is 5.94. The van der Waals surface area contributed by atoms with Gasteiger partial charge in [-0.05, 0) is 12.5 Å². The highest BCUT2D eigenvalue weighted by Gasteiger charge is 2.15. The fraction of sp³-hybridized carbons (Fsp3) is 0.385. The summed E-state index contributed by atoms with van der Waals surface area (Å²) >= 11 is 5.45. The molecule has 5 nitrogen and oxygen atoms in total. The van der Waals surface area contributed by atoms with Crippen LogP contribution in [0.25, 0.3) is 0 Å². The lowest BCUT2D eigenvalue weighted by atomic mass is 10.2. The van der Waals surface area contributed by atoms with Crippen LogP contribution in [0.3, 0.4) is 0 Å². The first-order valence-corrected chi connectivity index (χ1v) is 6.48. The Morgan fingerprint density at radius 3 is 2.63 bits per heavy atom. The van der Waals surface area contributed by atoms with Crippen LogP contribution in [-0.4, -0.2) is 30.5 Å². The lowest BCUT2D eigenvalue weighted by Crippen LogP contribution is -2.45. The minimum atomic E-state index is -0.661. The fourth-order valence-electron chi connectivity index (χ4n) is 1.33. The van der Waals surface area contributed by atoms with Gasteiger partial charge in [0.1, 0.15) is 12.6 Å². The van der Waals surface area contributed by atoms with Gasteiger partial charge in [-0.25, -0.2) is 4.79 Å². The number of carbonyl (C=O) groups is 2. The maximum Gasteiger partial charge on any atom is 0.408 e. The van der Waals surface area contributed by atoms with Crippen molar-refractivity contribution < 1.29 is 14.3 Å². The maximum absolute atomic E-state index is 11.5. The zero-order valence-electron chi connectivity index (χ0n) is 10.7. The lowest BCUT2D eigenvalue weighted by molar-refractivity contribution is -0.122. The Morgan fingerprint density at radius 1 is 1.32 bits per heavy atom. The summed E-state index contributed by atoms with van der Waals surface area (Å²) in [6, 6.07) is 8.64. The van der Waals surface area contributed by atoms with Crippen LogP contribution >= 0.6 is 11.6 Å². The number of amides is 2. The average molecular weight is 285 g/mol. The summed E-state index contributed by atoms with van der Waals surface area (Å²) in [5.41, 5.74) is 0.886. The Kier molecular flexibility index (Phi) is 6.74. The summed E-state index contributed by atoms with van der Waals surface area (Å²) in [5.74, 6) is 0.0361. The highest BCUT2D eigenvalue weighted by atomic mass is 35.5. The first-order chi connectivity index (χ1) is 9.13. The third-order valence-corrected chi connectivity index (χ3v) is 2.52. The van der Waals surface area contributed by atoms with Gasteiger partial charge in [-0.2, -0.15) is 0 Å². The van der Waals surface area contributed by atoms with Crippen LogP contribution in [0.1, 0.15) is 12.5 Å². The van der Waals surface area contributed by atoms with Crippen molar-refractivity contribution in [2.45, 2.75) is 19.6 Å². The molecule has 0 spiro atoms. The van der Waals surface area contributed by atoms with Crippen LogP contribution in [0.2, 0.25) is 0 Å². The van der Waals surface area contributed by atoms with E-state index >= 15 is 0 Å². The van der Waals surface area contributed by atoms with E-state index in [-0.39, 0.29) is 12.5 Å². The molecule has 0 bridgehead atoms. The molecule has 104 valence electrons. The topological polar surface area (TPSA) is 67.4 Å². The first kappa shape index (κ1) is 15.3. The predicted molar refractivity (Wildman–Crippen MR) is 73.0 cm³/mol. The van der Waals surface area contributed by atoms with Crippen LogP contribution in [0.5, 0.6) is 0 Å². The highest BCUT2D eigenvalue weighted by Crippen LogP contribution is 2.00. The van der Waals surface area contributed by atoms with Crippen LogP contribution in [0, 0.1) is 0 Å². The second kappa shape index (κ2) is 8.37. The van der Waals surface area contributed by atoms with Crippen LogP contribution in [-0.2, 0) is 16.1 Å². The standard InChI is InChI=1S/C13H17ClN2O3/c1-10(12(17)15-8-7-14)16-13(18)19-9-11-5-3-2-4-6-11/h2-6,10H,7-9H2,1H3,(H,15,17)(H,16,18)/t10-/m0/s1. The molecule has 6 heteroatoms. The summed E-state index contributed by atoms with van der Waals surface area (Å²) in [7, 11) is 0. The molecule has 0 radical (unpaired) electrons. The van der Waals surface area contributed by atoms with Gasteiger partial charge in [0, 0.05) is 12.4 Å². The van der Waals surface area contributed by atoms with E-state index in [0.717, 1.165) is 5.56 Å². The molecule has 1 atom stereocenters. The third kappa shape index (κ3) is 6.10. The number of ether oxygens (including phenoxy) is 1. The molecule has 0 aliphatic heterocycles. The van der Waals surface area contributed by atoms with Crippen molar-refractivity contribution in [1.82, 2.24) is 10.6 Å². The summed E-state index contributed by atoms with van der Waals surface area (Å²) in [4.78, 5) is 22.9. The Balaban J connectivity index is 2.29. The monoisotopic (exact) mass is 284 g/mol. The molecule has 0 saturated carbocycles. The molecular weight excluding hydrogens is 268 g/mol. The molecule has 2 N–H and O–H groups in total. The molecule has 19 heavy (non-hydrogen) atoms. The molecular formula is C13H17ClN2O3. The lowest BCUT2D eigenvalue weighted by Gasteiger charge is -2.13. The number of nitrogens with one attached hydrogen (secondary N) is 2. The number of halogens is 1. The van der Waals surface area contributed by atoms with Crippen molar-refractivity contribution in [3.63, 3.8) is 0 Å². The Labute approximate surface area is 117 Å². The van der Waals surface area contributed by atoms with Crippen molar-refractivity contribution in [3.05, 3.63) is 35.9 Å². The minimum Gasteiger partial charge on any atom is -0.445 e. The van der Waals surface area contributed by atoms with E-state index < -0.39 is 12.1 Å². The van der Waals surface area contributed by atoms with E-state index in [1.54, 1.807) is 6.92 Å². The molecule has 0 aromatic heterocycles. The van der Waals surface area contributed by atoms with Gasteiger partial charge in [-0.15, -0.1) is 11.6 Å². The Bertz CT molecular complexity index is 412. The van der Waals surface area contributed by atoms with E-state index in [9.17, 15) is 9.59 Å². The third-order valence-electron chi connectivity index (χ3n) is 2.33. The molecule has 0 aliphatic rings. The molecule has 1 rings (SSSR count). The number of rotatable bonds is 6. The van der Waals surface area contributed by atoms with Crippen LogP contribution in [0.4, 0.5) is 4.79 Å². The number of hydrogen-bond donors (Lipinski definition) is 2. The van der Waals surface area contributed by atoms with Gasteiger partial charge in [0.2, 0.25) is 5.91 Å². The molecule has 2 amide bonds. The minimum absolute atomic E-state index is 0.169. The summed E-state index contributed by atoms with van der Waals surface area (Å²) in [5, 5.41) is 5.01. The van der Waals surface area contributed by atoms with E-state index in [0.29, 0.717) is 12.4 Å².